The van der Waals surface area contributed by atoms with Gasteiger partial charge in [0.05, 0.1) is 38.1 Å². The number of sulfonamides is 1. The van der Waals surface area contributed by atoms with E-state index in [0.29, 0.717) is 24.3 Å². The summed E-state index contributed by atoms with van der Waals surface area (Å²) in [6.07, 6.45) is 0.572. The maximum Gasteiger partial charge on any atom is 0.270 e. The van der Waals surface area contributed by atoms with Gasteiger partial charge >= 0.3 is 0 Å². The van der Waals surface area contributed by atoms with E-state index < -0.39 is 48.9 Å². The van der Waals surface area contributed by atoms with Gasteiger partial charge in [0.1, 0.15) is 38.6 Å². The molecule has 0 saturated carbocycles. The second-order valence-electron chi connectivity index (χ2n) is 9.70. The third kappa shape index (κ3) is 5.53. The molecule has 0 unspecified atom stereocenters. The molecule has 41 heavy (non-hydrogen) atoms. The summed E-state index contributed by atoms with van der Waals surface area (Å²) in [5.74, 6) is -1.74. The molecule has 9 nitrogen and oxygen atoms in total. The normalized spacial score (nSPS) is 16.4. The van der Waals surface area contributed by atoms with Crippen molar-refractivity contribution in [2.75, 3.05) is 43.1 Å². The number of Topliss-reactive ketones (excluding diaryl/α,β-unsaturated/α-hetero) is 1. The largest absolute Gasteiger partial charge is 0.497 e. The number of carbonyl (C=O) groups is 1. The third-order valence-corrected chi connectivity index (χ3v) is 9.60. The summed E-state index contributed by atoms with van der Waals surface area (Å²) in [6, 6.07) is 9.53. The van der Waals surface area contributed by atoms with E-state index in [2.05, 4.69) is 4.98 Å². The second kappa shape index (κ2) is 11.2. The van der Waals surface area contributed by atoms with Gasteiger partial charge in [0.25, 0.3) is 10.0 Å². The van der Waals surface area contributed by atoms with Crippen LogP contribution in [0.1, 0.15) is 18.4 Å². The summed E-state index contributed by atoms with van der Waals surface area (Å²) in [5, 5.41) is -0.911. The van der Waals surface area contributed by atoms with Gasteiger partial charge < -0.3 is 19.1 Å². The van der Waals surface area contributed by atoms with E-state index in [-0.39, 0.29) is 42.5 Å². The number of pyridine rings is 1. The van der Waals surface area contributed by atoms with E-state index in [0.717, 1.165) is 10.4 Å². The van der Waals surface area contributed by atoms with Crippen LogP contribution in [-0.2, 0) is 26.1 Å². The van der Waals surface area contributed by atoms with Crippen molar-refractivity contribution in [2.45, 2.75) is 29.9 Å². The summed E-state index contributed by atoms with van der Waals surface area (Å²) in [7, 11) is -1.97. The van der Waals surface area contributed by atoms with Crippen LogP contribution in [0.5, 0.6) is 11.5 Å². The van der Waals surface area contributed by atoms with Crippen molar-refractivity contribution in [3.8, 4) is 11.5 Å². The maximum atomic E-state index is 15.9. The van der Waals surface area contributed by atoms with Crippen molar-refractivity contribution in [2.24, 2.45) is 0 Å². The highest BCUT2D eigenvalue weighted by molar-refractivity contribution is 7.93. The van der Waals surface area contributed by atoms with Gasteiger partial charge in [-0.25, -0.2) is 22.1 Å². The molecular weight excluding hydrogens is 603 g/mol. The number of anilines is 2. The van der Waals surface area contributed by atoms with Gasteiger partial charge in [-0.1, -0.05) is 29.3 Å². The molecule has 2 aromatic carbocycles. The minimum Gasteiger partial charge on any atom is -0.497 e. The molecule has 5 rings (SSSR count). The molecule has 14 heteroatoms. The van der Waals surface area contributed by atoms with Crippen molar-refractivity contribution in [3.05, 3.63) is 69.8 Å². The first kappa shape index (κ1) is 29.3. The molecule has 1 aromatic heterocycles. The lowest BCUT2D eigenvalue weighted by Crippen LogP contribution is -2.65. The van der Waals surface area contributed by atoms with E-state index >= 15 is 4.39 Å². The summed E-state index contributed by atoms with van der Waals surface area (Å²) >= 11 is 12.8. The van der Waals surface area contributed by atoms with Crippen molar-refractivity contribution in [1.82, 2.24) is 4.98 Å². The summed E-state index contributed by atoms with van der Waals surface area (Å²) in [4.78, 5) is 16.4. The van der Waals surface area contributed by atoms with Crippen LogP contribution in [0.4, 0.5) is 20.3 Å². The topological polar surface area (TPSA) is 98.3 Å². The predicted molar refractivity (Wildman–Crippen MR) is 149 cm³/mol. The quantitative estimate of drug-likeness (QED) is 0.254. The van der Waals surface area contributed by atoms with Crippen molar-refractivity contribution in [1.29, 1.82) is 0 Å². The molecular formula is C27H25Cl2F2N3O6S. The molecule has 2 saturated heterocycles. The Kier molecular flexibility index (Phi) is 8.03. The number of hydrogen-bond acceptors (Lipinski definition) is 8. The van der Waals surface area contributed by atoms with E-state index in [9.17, 15) is 17.6 Å². The van der Waals surface area contributed by atoms with Gasteiger partial charge in [-0.2, -0.15) is 4.39 Å². The Morgan fingerprint density at radius 3 is 2.54 bits per heavy atom. The van der Waals surface area contributed by atoms with E-state index in [1.54, 1.807) is 23.1 Å². The van der Waals surface area contributed by atoms with E-state index in [4.69, 9.17) is 37.4 Å². The van der Waals surface area contributed by atoms with Gasteiger partial charge in [0, 0.05) is 37.6 Å². The van der Waals surface area contributed by atoms with Crippen LogP contribution >= 0.6 is 23.2 Å². The molecule has 0 bridgehead atoms. The number of halogens is 4. The Labute approximate surface area is 245 Å². The Morgan fingerprint density at radius 2 is 1.88 bits per heavy atom. The molecule has 0 atom stereocenters. The minimum absolute atomic E-state index is 0.0761. The van der Waals surface area contributed by atoms with Crippen LogP contribution in [0.15, 0.2) is 47.4 Å². The average Bonchev–Trinajstić information content (AvgIpc) is 2.92. The van der Waals surface area contributed by atoms with Crippen LogP contribution < -0.4 is 18.7 Å². The number of aromatic nitrogens is 1. The number of carbonyl (C=O) groups excluding carboxylic acids is 1. The van der Waals surface area contributed by atoms with Gasteiger partial charge in [-0.15, -0.1) is 0 Å². The highest BCUT2D eigenvalue weighted by atomic mass is 35.5. The molecule has 0 radical (unpaired) electrons. The fourth-order valence-electron chi connectivity index (χ4n) is 5.01. The summed E-state index contributed by atoms with van der Waals surface area (Å²) in [6.45, 7) is 0.407. The molecule has 0 amide bonds. The first-order chi connectivity index (χ1) is 19.5. The highest BCUT2D eigenvalue weighted by Gasteiger charge is 2.48. The molecule has 2 aliphatic rings. The number of ketones is 1. The van der Waals surface area contributed by atoms with Crippen LogP contribution in [0.25, 0.3) is 0 Å². The number of nitrogens with zero attached hydrogens (tertiary/aromatic N) is 3. The Balaban J connectivity index is 1.54. The average molecular weight is 628 g/mol. The number of benzene rings is 2. The standard InChI is InChI=1S/C27H25Cl2F2N3O6S/c1-38-18-7-6-16(21(10-18)39-2)13-34(23-5-3-4-22(30)32-23)41(36,37)26-19(28)11-20(24(29)25(26)31)33-14-27(15-33)12-17(35)8-9-40-27/h3-7,10-11H,8-9,12-15H2,1-2H3. The van der Waals surface area contributed by atoms with Crippen molar-refractivity contribution in [3.63, 3.8) is 0 Å². The molecule has 2 aliphatic heterocycles. The lowest BCUT2D eigenvalue weighted by Gasteiger charge is -2.52. The van der Waals surface area contributed by atoms with E-state index in [1.165, 1.54) is 32.4 Å². The monoisotopic (exact) mass is 627 g/mol. The molecule has 2 fully saturated rings. The Bertz CT molecular complexity index is 1620. The molecule has 0 N–H and O–H groups in total. The van der Waals surface area contributed by atoms with Crippen LogP contribution in [0, 0.1) is 11.8 Å². The van der Waals surface area contributed by atoms with E-state index in [1.807, 2.05) is 0 Å². The molecule has 3 aromatic rings. The molecule has 1 spiro atoms. The summed E-state index contributed by atoms with van der Waals surface area (Å²) in [5.41, 5.74) is -0.174. The molecule has 0 aliphatic carbocycles. The number of ether oxygens (including phenoxy) is 3. The van der Waals surface area contributed by atoms with Crippen molar-refractivity contribution < 1.29 is 36.2 Å². The summed E-state index contributed by atoms with van der Waals surface area (Å²) < 4.78 is 75.3. The van der Waals surface area contributed by atoms with Crippen LogP contribution in [-0.4, -0.2) is 58.7 Å². The van der Waals surface area contributed by atoms with Gasteiger partial charge in [-0.3, -0.25) is 4.79 Å². The Hall–Kier alpha value is -3.19. The zero-order valence-corrected chi connectivity index (χ0v) is 24.3. The van der Waals surface area contributed by atoms with Gasteiger partial charge in [0.2, 0.25) is 5.95 Å². The second-order valence-corrected chi connectivity index (χ2v) is 12.3. The zero-order chi connectivity index (χ0) is 29.5. The van der Waals surface area contributed by atoms with Crippen LogP contribution in [0.2, 0.25) is 10.0 Å². The number of rotatable bonds is 8. The van der Waals surface area contributed by atoms with Gasteiger partial charge in [-0.05, 0) is 30.3 Å². The maximum absolute atomic E-state index is 15.9. The molecule has 218 valence electrons. The zero-order valence-electron chi connectivity index (χ0n) is 22.0. The first-order valence-corrected chi connectivity index (χ1v) is 14.6. The predicted octanol–water partition coefficient (Wildman–Crippen LogP) is 5.02. The molecule has 3 heterocycles. The van der Waals surface area contributed by atoms with Crippen LogP contribution in [0.3, 0.4) is 0 Å². The minimum atomic E-state index is -4.82. The van der Waals surface area contributed by atoms with Crippen molar-refractivity contribution >= 4 is 50.5 Å². The highest BCUT2D eigenvalue weighted by Crippen LogP contribution is 2.44. The lowest BCUT2D eigenvalue weighted by atomic mass is 9.85. The fraction of sp³-hybridized carbons (Fsp3) is 0.333. The number of methoxy groups -OCH3 is 2. The SMILES string of the molecule is COc1ccc(CN(c2cccc(F)n2)S(=O)(=O)c2c(Cl)cc(N3CC4(CC(=O)CCO4)C3)c(Cl)c2F)c(OC)c1. The first-order valence-electron chi connectivity index (χ1n) is 12.4. The fourth-order valence-corrected chi connectivity index (χ4v) is 7.32. The smallest absolute Gasteiger partial charge is 0.270 e. The van der Waals surface area contributed by atoms with Gasteiger partial charge in [0.15, 0.2) is 5.82 Å². The number of hydrogen-bond donors (Lipinski definition) is 0. The third-order valence-electron chi connectivity index (χ3n) is 7.02. The Morgan fingerprint density at radius 1 is 1.12 bits per heavy atom. The lowest BCUT2D eigenvalue weighted by molar-refractivity contribution is -0.143.